The number of aliphatic hydroxyl groups excluding tert-OH is 1. The fourth-order valence-electron chi connectivity index (χ4n) is 2.10. The highest BCUT2D eigenvalue weighted by atomic mass is 32.2. The van der Waals surface area contributed by atoms with Crippen LogP contribution in [-0.2, 0) is 10.0 Å². The first-order chi connectivity index (χ1) is 9.35. The second kappa shape index (κ2) is 5.57. The van der Waals surface area contributed by atoms with E-state index in [1.165, 1.54) is 6.07 Å². The molecule has 20 heavy (non-hydrogen) atoms. The van der Waals surface area contributed by atoms with Gasteiger partial charge in [-0.05, 0) is 36.0 Å². The van der Waals surface area contributed by atoms with Crippen LogP contribution in [0.5, 0.6) is 0 Å². The van der Waals surface area contributed by atoms with Gasteiger partial charge in [0.1, 0.15) is 6.61 Å². The highest BCUT2D eigenvalue weighted by Gasteiger charge is 2.45. The van der Waals surface area contributed by atoms with Crippen molar-refractivity contribution in [3.05, 3.63) is 29.8 Å². The lowest BCUT2D eigenvalue weighted by Gasteiger charge is -2.08. The second-order valence-corrected chi connectivity index (χ2v) is 7.50. The van der Waals surface area contributed by atoms with Crippen LogP contribution in [0.4, 0.5) is 0 Å². The van der Waals surface area contributed by atoms with Crippen molar-refractivity contribution in [3.63, 3.8) is 0 Å². The molecule has 1 aliphatic rings. The molecule has 1 fully saturated rings. The van der Waals surface area contributed by atoms with Crippen molar-refractivity contribution in [1.29, 1.82) is 0 Å². The second-order valence-electron chi connectivity index (χ2n) is 5.73. The van der Waals surface area contributed by atoms with Gasteiger partial charge in [-0.1, -0.05) is 31.8 Å². The van der Waals surface area contributed by atoms with Gasteiger partial charge in [-0.15, -0.1) is 0 Å². The number of rotatable bonds is 4. The van der Waals surface area contributed by atoms with E-state index in [-0.39, 0.29) is 16.9 Å². The third-order valence-corrected chi connectivity index (χ3v) is 5.11. The van der Waals surface area contributed by atoms with E-state index in [0.29, 0.717) is 18.0 Å². The Labute approximate surface area is 120 Å². The number of aliphatic hydroxyl groups is 1. The molecule has 1 atom stereocenters. The molecule has 1 saturated carbocycles. The lowest BCUT2D eigenvalue weighted by atomic mass is 10.1. The van der Waals surface area contributed by atoms with Gasteiger partial charge in [0.15, 0.2) is 0 Å². The Hall–Kier alpha value is -1.35. The Kier molecular flexibility index (Phi) is 4.19. The van der Waals surface area contributed by atoms with Gasteiger partial charge in [0, 0.05) is 12.1 Å². The maximum atomic E-state index is 12.2. The first-order valence-corrected chi connectivity index (χ1v) is 8.03. The Morgan fingerprint density at radius 2 is 2.15 bits per heavy atom. The molecule has 0 heterocycles. The van der Waals surface area contributed by atoms with Crippen molar-refractivity contribution in [1.82, 2.24) is 4.72 Å². The van der Waals surface area contributed by atoms with E-state index in [9.17, 15) is 8.42 Å². The third kappa shape index (κ3) is 3.60. The molecule has 0 bridgehead atoms. The molecule has 0 saturated heterocycles. The normalized spacial score (nSPS) is 20.1. The van der Waals surface area contributed by atoms with Gasteiger partial charge in [-0.25, -0.2) is 13.1 Å². The molecule has 108 valence electrons. The van der Waals surface area contributed by atoms with Crippen LogP contribution >= 0.6 is 0 Å². The molecular formula is C15H19NO3S. The lowest BCUT2D eigenvalue weighted by Crippen LogP contribution is -2.26. The summed E-state index contributed by atoms with van der Waals surface area (Å²) in [6.07, 6.45) is 1.05. The number of sulfonamides is 1. The number of hydrogen-bond acceptors (Lipinski definition) is 3. The minimum absolute atomic E-state index is 0.209. The van der Waals surface area contributed by atoms with Crippen LogP contribution in [0.2, 0.25) is 0 Å². The minimum Gasteiger partial charge on any atom is -0.384 e. The molecule has 1 aliphatic carbocycles. The zero-order valence-electron chi connectivity index (χ0n) is 11.7. The molecule has 0 amide bonds. The van der Waals surface area contributed by atoms with E-state index < -0.39 is 10.0 Å². The Morgan fingerprint density at radius 3 is 2.75 bits per heavy atom. The van der Waals surface area contributed by atoms with Gasteiger partial charge < -0.3 is 5.11 Å². The summed E-state index contributed by atoms with van der Waals surface area (Å²) in [5.74, 6) is 5.62. The van der Waals surface area contributed by atoms with Crippen LogP contribution in [0.1, 0.15) is 25.8 Å². The zero-order chi connectivity index (χ0) is 14.8. The van der Waals surface area contributed by atoms with E-state index in [2.05, 4.69) is 30.4 Å². The molecule has 1 unspecified atom stereocenters. The smallest absolute Gasteiger partial charge is 0.240 e. The molecule has 2 rings (SSSR count). The SMILES string of the molecule is CC1(C)CC1CNS(=O)(=O)c1cccc(C#CCO)c1. The first kappa shape index (κ1) is 15.0. The van der Waals surface area contributed by atoms with E-state index in [1.54, 1.807) is 18.2 Å². The van der Waals surface area contributed by atoms with Gasteiger partial charge in [0.25, 0.3) is 0 Å². The van der Waals surface area contributed by atoms with Gasteiger partial charge in [-0.3, -0.25) is 0 Å². The molecule has 4 nitrogen and oxygen atoms in total. The Morgan fingerprint density at radius 1 is 1.45 bits per heavy atom. The average molecular weight is 293 g/mol. The highest BCUT2D eigenvalue weighted by molar-refractivity contribution is 7.89. The standard InChI is InChI=1S/C15H19NO3S/c1-15(2)10-13(15)11-16-20(18,19)14-7-3-5-12(9-14)6-4-8-17/h3,5,7,9,13,16-17H,8,10-11H2,1-2H3. The summed E-state index contributed by atoms with van der Waals surface area (Å²) in [6.45, 7) is 4.50. The predicted octanol–water partition coefficient (Wildman–Crippen LogP) is 1.35. The fraction of sp³-hybridized carbons (Fsp3) is 0.467. The van der Waals surface area contributed by atoms with Gasteiger partial charge >= 0.3 is 0 Å². The Balaban J connectivity index is 2.09. The monoisotopic (exact) mass is 293 g/mol. The molecule has 0 aromatic heterocycles. The third-order valence-electron chi connectivity index (χ3n) is 3.69. The van der Waals surface area contributed by atoms with Crippen LogP contribution in [0.3, 0.4) is 0 Å². The van der Waals surface area contributed by atoms with E-state index in [1.807, 2.05) is 0 Å². The topological polar surface area (TPSA) is 66.4 Å². The molecule has 1 aromatic rings. The van der Waals surface area contributed by atoms with Crippen molar-refractivity contribution >= 4 is 10.0 Å². The maximum Gasteiger partial charge on any atom is 0.240 e. The summed E-state index contributed by atoms with van der Waals surface area (Å²) >= 11 is 0. The number of hydrogen-bond donors (Lipinski definition) is 2. The van der Waals surface area contributed by atoms with Gasteiger partial charge in [0.05, 0.1) is 4.90 Å². The lowest BCUT2D eigenvalue weighted by molar-refractivity contribution is 0.350. The van der Waals surface area contributed by atoms with Crippen molar-refractivity contribution in [2.75, 3.05) is 13.2 Å². The van der Waals surface area contributed by atoms with Crippen molar-refractivity contribution in [2.45, 2.75) is 25.2 Å². The number of nitrogens with one attached hydrogen (secondary N) is 1. The van der Waals surface area contributed by atoms with Crippen LogP contribution < -0.4 is 4.72 Å². The predicted molar refractivity (Wildman–Crippen MR) is 77.5 cm³/mol. The summed E-state index contributed by atoms with van der Waals surface area (Å²) in [6, 6.07) is 6.43. The highest BCUT2D eigenvalue weighted by Crippen LogP contribution is 2.51. The maximum absolute atomic E-state index is 12.2. The molecule has 2 N–H and O–H groups in total. The van der Waals surface area contributed by atoms with E-state index in [4.69, 9.17) is 5.11 Å². The molecule has 1 aromatic carbocycles. The van der Waals surface area contributed by atoms with E-state index in [0.717, 1.165) is 6.42 Å². The van der Waals surface area contributed by atoms with Crippen molar-refractivity contribution in [3.8, 4) is 11.8 Å². The summed E-state index contributed by atoms with van der Waals surface area (Å²) < 4.78 is 27.0. The summed E-state index contributed by atoms with van der Waals surface area (Å²) in [5.41, 5.74) is 0.824. The van der Waals surface area contributed by atoms with Crippen LogP contribution in [-0.4, -0.2) is 26.7 Å². The molecule has 0 spiro atoms. The zero-order valence-corrected chi connectivity index (χ0v) is 12.5. The first-order valence-electron chi connectivity index (χ1n) is 6.55. The minimum atomic E-state index is -3.49. The molecule has 0 radical (unpaired) electrons. The summed E-state index contributed by atoms with van der Waals surface area (Å²) in [7, 11) is -3.49. The number of benzene rings is 1. The fourth-order valence-corrected chi connectivity index (χ4v) is 3.23. The van der Waals surface area contributed by atoms with Crippen LogP contribution in [0.15, 0.2) is 29.2 Å². The molecule has 5 heteroatoms. The van der Waals surface area contributed by atoms with Crippen molar-refractivity contribution in [2.24, 2.45) is 11.3 Å². The largest absolute Gasteiger partial charge is 0.384 e. The van der Waals surface area contributed by atoms with Gasteiger partial charge in [-0.2, -0.15) is 0 Å². The van der Waals surface area contributed by atoms with Crippen LogP contribution in [0.25, 0.3) is 0 Å². The summed E-state index contributed by atoms with van der Waals surface area (Å²) in [4.78, 5) is 0.209. The van der Waals surface area contributed by atoms with Gasteiger partial charge in [0.2, 0.25) is 10.0 Å². The average Bonchev–Trinajstić information content (AvgIpc) is 3.02. The van der Waals surface area contributed by atoms with Crippen molar-refractivity contribution < 1.29 is 13.5 Å². The summed E-state index contributed by atoms with van der Waals surface area (Å²) in [5, 5.41) is 8.65. The quantitative estimate of drug-likeness (QED) is 0.824. The van der Waals surface area contributed by atoms with E-state index >= 15 is 0 Å². The molecule has 0 aliphatic heterocycles. The van der Waals surface area contributed by atoms with Crippen LogP contribution in [0, 0.1) is 23.2 Å². The molecular weight excluding hydrogens is 274 g/mol. The Bertz CT molecular complexity index is 653.